The van der Waals surface area contributed by atoms with Crippen LogP contribution in [0.4, 0.5) is 5.69 Å². The Morgan fingerprint density at radius 3 is 2.76 bits per heavy atom. The number of piperidine rings is 1. The van der Waals surface area contributed by atoms with Gasteiger partial charge in [0.15, 0.2) is 9.84 Å². The monoisotopic (exact) mass is 384 g/mol. The number of hydrogen-bond acceptors (Lipinski definition) is 5. The number of carbonyl (C=O) groups is 1. The molecular formula is C16H21ClN4O3S. The van der Waals surface area contributed by atoms with Crippen LogP contribution in [0.3, 0.4) is 0 Å². The Labute approximate surface area is 153 Å². The minimum atomic E-state index is -3.37. The zero-order valence-electron chi connectivity index (χ0n) is 13.8. The van der Waals surface area contributed by atoms with Gasteiger partial charge in [0, 0.05) is 6.26 Å². The number of nitrogens with zero attached hydrogens (tertiary/aromatic N) is 2. The summed E-state index contributed by atoms with van der Waals surface area (Å²) < 4.78 is 25.3. The van der Waals surface area contributed by atoms with Crippen molar-refractivity contribution in [3.8, 4) is 5.69 Å². The van der Waals surface area contributed by atoms with Crippen LogP contribution in [0, 0.1) is 0 Å². The molecule has 3 rings (SSSR count). The maximum atomic E-state index is 12.2. The third-order valence-electron chi connectivity index (χ3n) is 3.99. The molecule has 2 aromatic rings. The highest BCUT2D eigenvalue weighted by atomic mass is 35.5. The van der Waals surface area contributed by atoms with Gasteiger partial charge in [0.25, 0.3) is 0 Å². The average Bonchev–Trinajstić information content (AvgIpc) is 3.03. The molecule has 1 saturated heterocycles. The van der Waals surface area contributed by atoms with E-state index >= 15 is 0 Å². The van der Waals surface area contributed by atoms with Gasteiger partial charge in [-0.15, -0.1) is 12.4 Å². The highest BCUT2D eigenvalue weighted by Crippen LogP contribution is 2.21. The second-order valence-corrected chi connectivity index (χ2v) is 7.89. The summed E-state index contributed by atoms with van der Waals surface area (Å²) in [5.41, 5.74) is 0.993. The van der Waals surface area contributed by atoms with E-state index in [1.54, 1.807) is 24.4 Å². The minimum absolute atomic E-state index is 0. The number of anilines is 1. The molecule has 1 aromatic carbocycles. The Balaban J connectivity index is 0.00000225. The van der Waals surface area contributed by atoms with Crippen LogP contribution in [0.15, 0.2) is 41.6 Å². The Morgan fingerprint density at radius 1 is 1.32 bits per heavy atom. The van der Waals surface area contributed by atoms with Gasteiger partial charge in [0.2, 0.25) is 5.91 Å². The molecule has 0 radical (unpaired) electrons. The van der Waals surface area contributed by atoms with Crippen LogP contribution in [0.2, 0.25) is 0 Å². The summed E-state index contributed by atoms with van der Waals surface area (Å²) in [5.74, 6) is -0.0920. The van der Waals surface area contributed by atoms with E-state index < -0.39 is 9.84 Å². The predicted molar refractivity (Wildman–Crippen MR) is 98.2 cm³/mol. The Morgan fingerprint density at radius 2 is 2.08 bits per heavy atom. The fraction of sp³-hybridized carbons (Fsp3) is 0.375. The molecule has 0 bridgehead atoms. The van der Waals surface area contributed by atoms with Crippen molar-refractivity contribution >= 4 is 33.8 Å². The number of sulfone groups is 1. The van der Waals surface area contributed by atoms with E-state index in [0.717, 1.165) is 32.1 Å². The molecule has 25 heavy (non-hydrogen) atoms. The van der Waals surface area contributed by atoms with Gasteiger partial charge in [-0.3, -0.25) is 4.79 Å². The number of halogens is 1. The summed E-state index contributed by atoms with van der Waals surface area (Å²) in [4.78, 5) is 12.4. The van der Waals surface area contributed by atoms with E-state index in [0.29, 0.717) is 11.4 Å². The summed E-state index contributed by atoms with van der Waals surface area (Å²) in [6, 6.07) is 6.44. The molecule has 1 unspecified atom stereocenters. The molecule has 2 N–H and O–H groups in total. The molecule has 0 spiro atoms. The van der Waals surface area contributed by atoms with Gasteiger partial charge >= 0.3 is 0 Å². The molecule has 7 nitrogen and oxygen atoms in total. The highest BCUT2D eigenvalue weighted by molar-refractivity contribution is 7.90. The van der Waals surface area contributed by atoms with Crippen molar-refractivity contribution in [1.82, 2.24) is 15.1 Å². The Hall–Kier alpha value is -1.90. The normalized spacial score (nSPS) is 17.6. The molecule has 2 heterocycles. The first-order chi connectivity index (χ1) is 11.4. The SMILES string of the molecule is CS(=O)(=O)c1ccccc1-n1cc(NC(=O)C2CCCCN2)cn1.Cl. The zero-order valence-corrected chi connectivity index (χ0v) is 15.4. The van der Waals surface area contributed by atoms with Gasteiger partial charge in [-0.1, -0.05) is 18.6 Å². The van der Waals surface area contributed by atoms with E-state index in [4.69, 9.17) is 0 Å². The number of para-hydroxylation sites is 1. The number of carbonyl (C=O) groups excluding carboxylic acids is 1. The molecule has 1 aliphatic rings. The maximum absolute atomic E-state index is 12.2. The molecular weight excluding hydrogens is 364 g/mol. The summed E-state index contributed by atoms with van der Waals surface area (Å²) in [6.45, 7) is 0.846. The lowest BCUT2D eigenvalue weighted by atomic mass is 10.0. The fourth-order valence-corrected chi connectivity index (χ4v) is 3.65. The smallest absolute Gasteiger partial charge is 0.241 e. The van der Waals surface area contributed by atoms with E-state index in [1.807, 2.05) is 0 Å². The highest BCUT2D eigenvalue weighted by Gasteiger charge is 2.21. The molecule has 1 atom stereocenters. The van der Waals surface area contributed by atoms with E-state index in [1.165, 1.54) is 16.9 Å². The standard InChI is InChI=1S/C16H20N4O3S.ClH/c1-24(22,23)15-8-3-2-7-14(15)20-11-12(10-18-20)19-16(21)13-6-4-5-9-17-13;/h2-3,7-8,10-11,13,17H,4-6,9H2,1H3,(H,19,21);1H. The minimum Gasteiger partial charge on any atom is -0.322 e. The molecule has 1 amide bonds. The van der Waals surface area contributed by atoms with E-state index in [9.17, 15) is 13.2 Å². The van der Waals surface area contributed by atoms with Crippen LogP contribution in [-0.2, 0) is 14.6 Å². The van der Waals surface area contributed by atoms with Gasteiger partial charge in [0.1, 0.15) is 0 Å². The zero-order chi connectivity index (χ0) is 17.2. The van der Waals surface area contributed by atoms with Crippen molar-refractivity contribution in [3.05, 3.63) is 36.7 Å². The maximum Gasteiger partial charge on any atom is 0.241 e. The predicted octanol–water partition coefficient (Wildman–Crippen LogP) is 1.78. The summed E-state index contributed by atoms with van der Waals surface area (Å²) in [6.07, 6.45) is 7.23. The first-order valence-electron chi connectivity index (χ1n) is 7.83. The quantitative estimate of drug-likeness (QED) is 0.838. The van der Waals surface area contributed by atoms with Crippen molar-refractivity contribution in [3.63, 3.8) is 0 Å². The molecule has 1 aromatic heterocycles. The van der Waals surface area contributed by atoms with Crippen molar-refractivity contribution in [2.75, 3.05) is 18.1 Å². The second-order valence-electron chi connectivity index (χ2n) is 5.91. The topological polar surface area (TPSA) is 93.1 Å². The van der Waals surface area contributed by atoms with Crippen LogP contribution < -0.4 is 10.6 Å². The lowest BCUT2D eigenvalue weighted by molar-refractivity contribution is -0.118. The Kier molecular flexibility index (Phi) is 6.21. The third-order valence-corrected chi connectivity index (χ3v) is 5.13. The number of rotatable bonds is 4. The van der Waals surface area contributed by atoms with Crippen molar-refractivity contribution < 1.29 is 13.2 Å². The van der Waals surface area contributed by atoms with Crippen molar-refractivity contribution in [1.29, 1.82) is 0 Å². The first-order valence-corrected chi connectivity index (χ1v) is 9.73. The van der Waals surface area contributed by atoms with Crippen LogP contribution in [0.25, 0.3) is 5.69 Å². The van der Waals surface area contributed by atoms with Gasteiger partial charge in [-0.2, -0.15) is 5.10 Å². The van der Waals surface area contributed by atoms with Crippen molar-refractivity contribution in [2.45, 2.75) is 30.2 Å². The molecule has 0 saturated carbocycles. The van der Waals surface area contributed by atoms with E-state index in [-0.39, 0.29) is 29.3 Å². The third kappa shape index (κ3) is 4.59. The van der Waals surface area contributed by atoms with Crippen LogP contribution in [0.1, 0.15) is 19.3 Å². The van der Waals surface area contributed by atoms with Crippen LogP contribution >= 0.6 is 12.4 Å². The summed E-state index contributed by atoms with van der Waals surface area (Å²) in [7, 11) is -3.37. The molecule has 9 heteroatoms. The molecule has 136 valence electrons. The van der Waals surface area contributed by atoms with E-state index in [2.05, 4.69) is 15.7 Å². The Bertz CT molecular complexity index is 845. The summed E-state index contributed by atoms with van der Waals surface area (Å²) in [5, 5.41) is 10.2. The molecule has 0 aliphatic carbocycles. The summed E-state index contributed by atoms with van der Waals surface area (Å²) >= 11 is 0. The number of amides is 1. The van der Waals surface area contributed by atoms with Gasteiger partial charge < -0.3 is 10.6 Å². The number of benzene rings is 1. The average molecular weight is 385 g/mol. The van der Waals surface area contributed by atoms with Gasteiger partial charge in [0.05, 0.1) is 34.7 Å². The van der Waals surface area contributed by atoms with Crippen molar-refractivity contribution in [2.24, 2.45) is 0 Å². The number of aromatic nitrogens is 2. The molecule has 1 fully saturated rings. The van der Waals surface area contributed by atoms with Crippen LogP contribution in [-0.4, -0.2) is 42.9 Å². The largest absolute Gasteiger partial charge is 0.322 e. The van der Waals surface area contributed by atoms with Crippen LogP contribution in [0.5, 0.6) is 0 Å². The molecule has 1 aliphatic heterocycles. The lowest BCUT2D eigenvalue weighted by Crippen LogP contribution is -2.43. The van der Waals surface area contributed by atoms with Gasteiger partial charge in [-0.05, 0) is 31.5 Å². The fourth-order valence-electron chi connectivity index (χ4n) is 2.78. The second kappa shape index (κ2) is 7.99. The number of hydrogen-bond donors (Lipinski definition) is 2. The lowest BCUT2D eigenvalue weighted by Gasteiger charge is -2.22. The van der Waals surface area contributed by atoms with Gasteiger partial charge in [-0.25, -0.2) is 13.1 Å². The first kappa shape index (κ1) is 19.4. The number of nitrogens with one attached hydrogen (secondary N) is 2.